The van der Waals surface area contributed by atoms with Gasteiger partial charge in [0.2, 0.25) is 0 Å². The first-order valence-corrected chi connectivity index (χ1v) is 5.09. The van der Waals surface area contributed by atoms with Crippen molar-refractivity contribution in [3.63, 3.8) is 0 Å². The molecular formula is C14H12. The van der Waals surface area contributed by atoms with E-state index in [1.165, 1.54) is 22.3 Å². The van der Waals surface area contributed by atoms with Gasteiger partial charge in [-0.2, -0.15) is 0 Å². The number of hydrogen-bond donors (Lipinski definition) is 0. The average molecular weight is 180 g/mol. The molecule has 0 saturated carbocycles. The van der Waals surface area contributed by atoms with Gasteiger partial charge in [-0.3, -0.25) is 0 Å². The van der Waals surface area contributed by atoms with Gasteiger partial charge in [0.15, 0.2) is 0 Å². The second kappa shape index (κ2) is 2.98. The second-order valence-corrected chi connectivity index (χ2v) is 3.80. The van der Waals surface area contributed by atoms with Crippen LogP contribution in [0.25, 0.3) is 5.57 Å². The quantitative estimate of drug-likeness (QED) is 0.573. The SMILES string of the molecule is C1=CCC2=CCc3ccccc3C2=C1. The molecular weight excluding hydrogens is 168 g/mol. The molecule has 0 bridgehead atoms. The number of hydrogen-bond acceptors (Lipinski definition) is 0. The van der Waals surface area contributed by atoms with Crippen molar-refractivity contribution in [3.8, 4) is 0 Å². The molecule has 2 aliphatic rings. The van der Waals surface area contributed by atoms with E-state index in [4.69, 9.17) is 0 Å². The Labute approximate surface area is 84.3 Å². The lowest BCUT2D eigenvalue weighted by atomic mass is 9.83. The topological polar surface area (TPSA) is 0 Å². The summed E-state index contributed by atoms with van der Waals surface area (Å²) in [5.74, 6) is 0. The maximum Gasteiger partial charge on any atom is -0.00851 e. The lowest BCUT2D eigenvalue weighted by Gasteiger charge is -2.21. The van der Waals surface area contributed by atoms with Crippen molar-refractivity contribution in [3.05, 3.63) is 65.3 Å². The van der Waals surface area contributed by atoms with Gasteiger partial charge in [0, 0.05) is 0 Å². The van der Waals surface area contributed by atoms with Crippen LogP contribution in [-0.2, 0) is 6.42 Å². The molecule has 3 rings (SSSR count). The van der Waals surface area contributed by atoms with E-state index < -0.39 is 0 Å². The highest BCUT2D eigenvalue weighted by Crippen LogP contribution is 2.35. The maximum atomic E-state index is 2.36. The van der Waals surface area contributed by atoms with Crippen LogP contribution < -0.4 is 0 Å². The Hall–Kier alpha value is -1.56. The third-order valence-electron chi connectivity index (χ3n) is 2.96. The minimum Gasteiger partial charge on any atom is -0.0801 e. The third-order valence-corrected chi connectivity index (χ3v) is 2.96. The Morgan fingerprint density at radius 2 is 1.93 bits per heavy atom. The summed E-state index contributed by atoms with van der Waals surface area (Å²) in [6.07, 6.45) is 11.2. The predicted octanol–water partition coefficient (Wildman–Crippen LogP) is 3.51. The molecule has 1 aromatic rings. The van der Waals surface area contributed by atoms with Gasteiger partial charge >= 0.3 is 0 Å². The summed E-state index contributed by atoms with van der Waals surface area (Å²) in [6, 6.07) is 8.70. The molecule has 0 heteroatoms. The molecule has 0 atom stereocenters. The Balaban J connectivity index is 2.22. The molecule has 0 aliphatic heterocycles. The standard InChI is InChI=1S/C14H12/c1-3-7-13-11(5-1)9-10-12-6-2-4-8-14(12)13/h1-5,7-8,10H,6,9H2. The summed E-state index contributed by atoms with van der Waals surface area (Å²) < 4.78 is 0. The van der Waals surface area contributed by atoms with Crippen molar-refractivity contribution in [1.82, 2.24) is 0 Å². The minimum absolute atomic E-state index is 1.09. The molecule has 0 aromatic heterocycles. The Bertz CT molecular complexity index is 459. The lowest BCUT2D eigenvalue weighted by Crippen LogP contribution is -2.03. The van der Waals surface area contributed by atoms with Crippen LogP contribution in [-0.4, -0.2) is 0 Å². The van der Waals surface area contributed by atoms with Gasteiger partial charge < -0.3 is 0 Å². The van der Waals surface area contributed by atoms with Crippen LogP contribution in [0.3, 0.4) is 0 Å². The molecule has 14 heavy (non-hydrogen) atoms. The zero-order valence-corrected chi connectivity index (χ0v) is 8.03. The monoisotopic (exact) mass is 180 g/mol. The molecule has 0 spiro atoms. The van der Waals surface area contributed by atoms with Crippen molar-refractivity contribution in [2.75, 3.05) is 0 Å². The summed E-state index contributed by atoms with van der Waals surface area (Å²) in [5.41, 5.74) is 5.80. The average Bonchev–Trinajstić information content (AvgIpc) is 2.29. The fourth-order valence-corrected chi connectivity index (χ4v) is 2.23. The van der Waals surface area contributed by atoms with Gasteiger partial charge in [-0.15, -0.1) is 0 Å². The minimum atomic E-state index is 1.09. The van der Waals surface area contributed by atoms with E-state index in [-0.39, 0.29) is 0 Å². The first-order valence-electron chi connectivity index (χ1n) is 5.09. The van der Waals surface area contributed by atoms with Crippen LogP contribution in [0.5, 0.6) is 0 Å². The lowest BCUT2D eigenvalue weighted by molar-refractivity contribution is 1.14. The zero-order chi connectivity index (χ0) is 9.38. The molecule has 0 unspecified atom stereocenters. The molecule has 0 heterocycles. The van der Waals surface area contributed by atoms with Crippen molar-refractivity contribution in [2.45, 2.75) is 12.8 Å². The van der Waals surface area contributed by atoms with Crippen LogP contribution in [0.15, 0.2) is 54.1 Å². The van der Waals surface area contributed by atoms with Gasteiger partial charge in [0.1, 0.15) is 0 Å². The van der Waals surface area contributed by atoms with E-state index in [1.54, 1.807) is 0 Å². The molecule has 0 amide bonds. The summed E-state index contributed by atoms with van der Waals surface area (Å²) in [7, 11) is 0. The highest BCUT2D eigenvalue weighted by Gasteiger charge is 2.15. The van der Waals surface area contributed by atoms with Gasteiger partial charge in [-0.1, -0.05) is 48.6 Å². The molecule has 2 aliphatic carbocycles. The Kier molecular flexibility index (Phi) is 1.66. The van der Waals surface area contributed by atoms with Crippen LogP contribution in [0, 0.1) is 0 Å². The summed E-state index contributed by atoms with van der Waals surface area (Å²) in [5, 5.41) is 0. The summed E-state index contributed by atoms with van der Waals surface area (Å²) in [6.45, 7) is 0. The highest BCUT2D eigenvalue weighted by molar-refractivity contribution is 5.84. The number of benzene rings is 1. The van der Waals surface area contributed by atoms with E-state index >= 15 is 0 Å². The number of fused-ring (bicyclic) bond motifs is 3. The van der Waals surface area contributed by atoms with Crippen molar-refractivity contribution < 1.29 is 0 Å². The fourth-order valence-electron chi connectivity index (χ4n) is 2.23. The molecule has 0 nitrogen and oxygen atoms in total. The molecule has 68 valence electrons. The van der Waals surface area contributed by atoms with E-state index in [2.05, 4.69) is 48.6 Å². The van der Waals surface area contributed by atoms with Crippen LogP contribution in [0.1, 0.15) is 17.5 Å². The van der Waals surface area contributed by atoms with Gasteiger partial charge in [0.05, 0.1) is 0 Å². The first-order chi connectivity index (χ1) is 6.95. The van der Waals surface area contributed by atoms with Crippen molar-refractivity contribution in [2.24, 2.45) is 0 Å². The van der Waals surface area contributed by atoms with Gasteiger partial charge in [-0.05, 0) is 35.1 Å². The van der Waals surface area contributed by atoms with Crippen molar-refractivity contribution >= 4 is 5.57 Å². The Morgan fingerprint density at radius 1 is 1.00 bits per heavy atom. The van der Waals surface area contributed by atoms with Crippen LogP contribution >= 0.6 is 0 Å². The number of allylic oxidation sites excluding steroid dienone is 6. The van der Waals surface area contributed by atoms with E-state index in [9.17, 15) is 0 Å². The summed E-state index contributed by atoms with van der Waals surface area (Å²) in [4.78, 5) is 0. The first kappa shape index (κ1) is 7.81. The second-order valence-electron chi connectivity index (χ2n) is 3.80. The molecule has 0 radical (unpaired) electrons. The Morgan fingerprint density at radius 3 is 2.93 bits per heavy atom. The smallest absolute Gasteiger partial charge is 0.00851 e. The molecule has 0 saturated heterocycles. The largest absolute Gasteiger partial charge is 0.0801 e. The predicted molar refractivity (Wildman–Crippen MR) is 60.0 cm³/mol. The maximum absolute atomic E-state index is 2.36. The van der Waals surface area contributed by atoms with E-state index in [1.807, 2.05) is 0 Å². The summed E-state index contributed by atoms with van der Waals surface area (Å²) >= 11 is 0. The van der Waals surface area contributed by atoms with Crippen LogP contribution in [0.4, 0.5) is 0 Å². The zero-order valence-electron chi connectivity index (χ0n) is 8.03. The van der Waals surface area contributed by atoms with Gasteiger partial charge in [0.25, 0.3) is 0 Å². The highest BCUT2D eigenvalue weighted by atomic mass is 14.2. The third kappa shape index (κ3) is 1.07. The normalized spacial score (nSPS) is 18.0. The van der Waals surface area contributed by atoms with E-state index in [0.717, 1.165) is 12.8 Å². The molecule has 0 N–H and O–H groups in total. The molecule has 0 fully saturated rings. The number of rotatable bonds is 0. The fraction of sp³-hybridized carbons (Fsp3) is 0.143. The van der Waals surface area contributed by atoms with Crippen molar-refractivity contribution in [1.29, 1.82) is 0 Å². The van der Waals surface area contributed by atoms with Crippen LogP contribution in [0.2, 0.25) is 0 Å². The molecule has 1 aromatic carbocycles. The van der Waals surface area contributed by atoms with Gasteiger partial charge in [-0.25, -0.2) is 0 Å². The van der Waals surface area contributed by atoms with E-state index in [0.29, 0.717) is 0 Å².